The molecule has 3 rings (SSSR count). The fraction of sp³-hybridized carbons (Fsp3) is 0.368. The topological polar surface area (TPSA) is 69.6 Å². The van der Waals surface area contributed by atoms with Crippen LogP contribution in [0.2, 0.25) is 0 Å². The molecule has 1 fully saturated rings. The van der Waals surface area contributed by atoms with Crippen LogP contribution < -0.4 is 4.72 Å². The molecule has 0 saturated carbocycles. The molecular weight excluding hydrogens is 355 g/mol. The molecule has 0 aliphatic carbocycles. The highest BCUT2D eigenvalue weighted by Gasteiger charge is 2.32. The van der Waals surface area contributed by atoms with Crippen LogP contribution in [-0.2, 0) is 16.6 Å². The molecule has 2 aromatic carbocycles. The van der Waals surface area contributed by atoms with Gasteiger partial charge in [-0.05, 0) is 42.8 Å². The molecule has 140 valence electrons. The SMILES string of the molecule is O=S(=O)(N[C@H]1CN(Cc2ccccc2)CC[C@@H]1CO)c1ccc(F)cc1. The molecule has 0 bridgehead atoms. The Morgan fingerprint density at radius 3 is 2.46 bits per heavy atom. The number of sulfonamides is 1. The number of piperidine rings is 1. The number of rotatable bonds is 6. The summed E-state index contributed by atoms with van der Waals surface area (Å²) in [7, 11) is -3.77. The number of nitrogens with zero attached hydrogens (tertiary/aromatic N) is 1. The van der Waals surface area contributed by atoms with Gasteiger partial charge in [-0.15, -0.1) is 0 Å². The molecule has 0 radical (unpaired) electrons. The smallest absolute Gasteiger partial charge is 0.240 e. The minimum atomic E-state index is -3.77. The molecule has 0 unspecified atom stereocenters. The normalized spacial score (nSPS) is 21.6. The Hall–Kier alpha value is -1.80. The first-order chi connectivity index (χ1) is 12.5. The van der Waals surface area contributed by atoms with Crippen molar-refractivity contribution in [3.05, 3.63) is 66.0 Å². The van der Waals surface area contributed by atoms with Gasteiger partial charge in [-0.25, -0.2) is 17.5 Å². The van der Waals surface area contributed by atoms with Gasteiger partial charge in [0.15, 0.2) is 0 Å². The number of hydrogen-bond donors (Lipinski definition) is 2. The summed E-state index contributed by atoms with van der Waals surface area (Å²) >= 11 is 0. The molecule has 26 heavy (non-hydrogen) atoms. The Morgan fingerprint density at radius 1 is 1.12 bits per heavy atom. The lowest BCUT2D eigenvalue weighted by molar-refractivity contribution is 0.101. The summed E-state index contributed by atoms with van der Waals surface area (Å²) in [6.07, 6.45) is 0.708. The molecule has 0 amide bonds. The van der Waals surface area contributed by atoms with Crippen LogP contribution in [0.5, 0.6) is 0 Å². The molecule has 2 atom stereocenters. The maximum absolute atomic E-state index is 13.1. The Morgan fingerprint density at radius 2 is 1.81 bits per heavy atom. The number of aliphatic hydroxyl groups excluding tert-OH is 1. The van der Waals surface area contributed by atoms with E-state index >= 15 is 0 Å². The summed E-state index contributed by atoms with van der Waals surface area (Å²) in [4.78, 5) is 2.20. The molecule has 5 nitrogen and oxygen atoms in total. The minimum absolute atomic E-state index is 0.0239. The summed E-state index contributed by atoms with van der Waals surface area (Å²) in [6, 6.07) is 14.3. The fourth-order valence-electron chi connectivity index (χ4n) is 3.29. The summed E-state index contributed by atoms with van der Waals surface area (Å²) in [5.74, 6) is -0.624. The third kappa shape index (κ3) is 4.67. The van der Waals surface area contributed by atoms with E-state index in [0.717, 1.165) is 30.8 Å². The van der Waals surface area contributed by atoms with E-state index in [0.29, 0.717) is 13.0 Å². The van der Waals surface area contributed by atoms with Gasteiger partial charge >= 0.3 is 0 Å². The number of benzene rings is 2. The zero-order valence-corrected chi connectivity index (χ0v) is 15.2. The van der Waals surface area contributed by atoms with Gasteiger partial charge in [-0.1, -0.05) is 30.3 Å². The zero-order valence-electron chi connectivity index (χ0n) is 14.4. The maximum atomic E-state index is 13.1. The van der Waals surface area contributed by atoms with Crippen LogP contribution in [0.1, 0.15) is 12.0 Å². The van der Waals surface area contributed by atoms with Crippen LogP contribution >= 0.6 is 0 Å². The first-order valence-electron chi connectivity index (χ1n) is 8.63. The van der Waals surface area contributed by atoms with E-state index in [9.17, 15) is 17.9 Å². The van der Waals surface area contributed by atoms with Crippen LogP contribution in [-0.4, -0.2) is 44.2 Å². The fourth-order valence-corrected chi connectivity index (χ4v) is 4.58. The summed E-state index contributed by atoms with van der Waals surface area (Å²) in [5.41, 5.74) is 1.16. The maximum Gasteiger partial charge on any atom is 0.240 e. The van der Waals surface area contributed by atoms with Gasteiger partial charge in [0.2, 0.25) is 10.0 Å². The van der Waals surface area contributed by atoms with Crippen LogP contribution in [0.4, 0.5) is 4.39 Å². The summed E-state index contributed by atoms with van der Waals surface area (Å²) < 4.78 is 41.0. The lowest BCUT2D eigenvalue weighted by atomic mass is 9.93. The van der Waals surface area contributed by atoms with Crippen molar-refractivity contribution in [2.24, 2.45) is 5.92 Å². The van der Waals surface area contributed by atoms with Crippen molar-refractivity contribution in [3.63, 3.8) is 0 Å². The van der Waals surface area contributed by atoms with Crippen molar-refractivity contribution in [2.45, 2.75) is 23.9 Å². The second-order valence-electron chi connectivity index (χ2n) is 6.63. The number of nitrogens with one attached hydrogen (secondary N) is 1. The van der Waals surface area contributed by atoms with Crippen molar-refractivity contribution in [2.75, 3.05) is 19.7 Å². The molecule has 1 saturated heterocycles. The predicted molar refractivity (Wildman–Crippen MR) is 97.4 cm³/mol. The van der Waals surface area contributed by atoms with Crippen molar-refractivity contribution < 1.29 is 17.9 Å². The first kappa shape index (κ1) is 19.0. The molecule has 2 N–H and O–H groups in total. The Labute approximate surface area is 153 Å². The number of hydrogen-bond acceptors (Lipinski definition) is 4. The average Bonchev–Trinajstić information content (AvgIpc) is 2.63. The van der Waals surface area contributed by atoms with Crippen LogP contribution in [0.15, 0.2) is 59.5 Å². The van der Waals surface area contributed by atoms with E-state index < -0.39 is 21.9 Å². The van der Waals surface area contributed by atoms with E-state index in [2.05, 4.69) is 9.62 Å². The molecule has 0 spiro atoms. The Kier molecular flexibility index (Phi) is 6.03. The number of aliphatic hydroxyl groups is 1. The standard InChI is InChI=1S/C19H23FN2O3S/c20-17-6-8-18(9-7-17)26(24,25)21-19-13-22(11-10-16(19)14-23)12-15-4-2-1-3-5-15/h1-9,16,19,21,23H,10-14H2/t16-,19+/m1/s1. The lowest BCUT2D eigenvalue weighted by Gasteiger charge is -2.38. The third-order valence-electron chi connectivity index (χ3n) is 4.75. The lowest BCUT2D eigenvalue weighted by Crippen LogP contribution is -2.53. The highest BCUT2D eigenvalue weighted by atomic mass is 32.2. The van der Waals surface area contributed by atoms with Crippen LogP contribution in [0.3, 0.4) is 0 Å². The molecular formula is C19H23FN2O3S. The van der Waals surface area contributed by atoms with Gasteiger partial charge in [0.25, 0.3) is 0 Å². The second-order valence-corrected chi connectivity index (χ2v) is 8.35. The average molecular weight is 378 g/mol. The van der Waals surface area contributed by atoms with Crippen molar-refractivity contribution in [3.8, 4) is 0 Å². The van der Waals surface area contributed by atoms with Gasteiger partial charge in [-0.2, -0.15) is 0 Å². The molecule has 1 aliphatic rings. The molecule has 1 heterocycles. The summed E-state index contributed by atoms with van der Waals surface area (Å²) in [6.45, 7) is 1.97. The van der Waals surface area contributed by atoms with E-state index in [1.165, 1.54) is 12.1 Å². The number of halogens is 1. The van der Waals surface area contributed by atoms with E-state index in [1.807, 2.05) is 30.3 Å². The zero-order chi connectivity index (χ0) is 18.6. The van der Waals surface area contributed by atoms with Gasteiger partial charge in [-0.3, -0.25) is 4.90 Å². The van der Waals surface area contributed by atoms with E-state index in [-0.39, 0.29) is 17.4 Å². The van der Waals surface area contributed by atoms with E-state index in [4.69, 9.17) is 0 Å². The second kappa shape index (κ2) is 8.26. The molecule has 0 aromatic heterocycles. The quantitative estimate of drug-likeness (QED) is 0.807. The predicted octanol–water partition coefficient (Wildman–Crippen LogP) is 1.99. The highest BCUT2D eigenvalue weighted by molar-refractivity contribution is 7.89. The van der Waals surface area contributed by atoms with Gasteiger partial charge in [0.1, 0.15) is 5.82 Å². The van der Waals surface area contributed by atoms with Gasteiger partial charge in [0, 0.05) is 31.7 Å². The van der Waals surface area contributed by atoms with Gasteiger partial charge < -0.3 is 5.11 Å². The Bertz CT molecular complexity index is 812. The van der Waals surface area contributed by atoms with Crippen molar-refractivity contribution >= 4 is 10.0 Å². The largest absolute Gasteiger partial charge is 0.396 e. The van der Waals surface area contributed by atoms with Gasteiger partial charge in [0.05, 0.1) is 4.90 Å². The van der Waals surface area contributed by atoms with Crippen LogP contribution in [0, 0.1) is 11.7 Å². The van der Waals surface area contributed by atoms with Crippen molar-refractivity contribution in [1.82, 2.24) is 9.62 Å². The van der Waals surface area contributed by atoms with Crippen molar-refractivity contribution in [1.29, 1.82) is 0 Å². The van der Waals surface area contributed by atoms with Crippen LogP contribution in [0.25, 0.3) is 0 Å². The van der Waals surface area contributed by atoms with E-state index in [1.54, 1.807) is 0 Å². The summed E-state index contributed by atoms with van der Waals surface area (Å²) in [5, 5.41) is 9.64. The molecule has 2 aromatic rings. The Balaban J connectivity index is 1.72. The first-order valence-corrected chi connectivity index (χ1v) is 10.1. The monoisotopic (exact) mass is 378 g/mol. The minimum Gasteiger partial charge on any atom is -0.396 e. The highest BCUT2D eigenvalue weighted by Crippen LogP contribution is 2.21. The molecule has 7 heteroatoms. The number of likely N-dealkylation sites (tertiary alicyclic amines) is 1. The molecule has 1 aliphatic heterocycles. The third-order valence-corrected chi connectivity index (χ3v) is 6.26.